The topological polar surface area (TPSA) is 3.88 Å². The SMILES string of the molecule is Cc1c[c-]c(-c2[c-]cccc2)cc1-c1cccc[n+]1C.[Y]. The second kappa shape index (κ2) is 7.11. The summed E-state index contributed by atoms with van der Waals surface area (Å²) in [7, 11) is 2.07. The van der Waals surface area contributed by atoms with E-state index in [0.717, 1.165) is 11.1 Å². The Morgan fingerprint density at radius 3 is 2.48 bits per heavy atom. The van der Waals surface area contributed by atoms with Gasteiger partial charge in [-0.05, 0) is 11.6 Å². The third-order valence-electron chi connectivity index (χ3n) is 3.49. The molecule has 0 spiro atoms. The van der Waals surface area contributed by atoms with Crippen molar-refractivity contribution < 1.29 is 37.3 Å². The van der Waals surface area contributed by atoms with Crippen LogP contribution in [0.3, 0.4) is 0 Å². The summed E-state index contributed by atoms with van der Waals surface area (Å²) in [5.74, 6) is 0. The van der Waals surface area contributed by atoms with E-state index < -0.39 is 0 Å². The fourth-order valence-corrected chi connectivity index (χ4v) is 2.36. The molecule has 0 aliphatic rings. The third kappa shape index (κ3) is 3.48. The first-order chi connectivity index (χ1) is 9.75. The smallest absolute Gasteiger partial charge is 0.193 e. The monoisotopic (exact) mass is 347 g/mol. The Bertz CT molecular complexity index is 736. The zero-order valence-corrected chi connectivity index (χ0v) is 15.1. The van der Waals surface area contributed by atoms with Crippen LogP contribution < -0.4 is 4.57 Å². The summed E-state index contributed by atoms with van der Waals surface area (Å²) in [6.45, 7) is 2.12. The first-order valence-electron chi connectivity index (χ1n) is 6.70. The van der Waals surface area contributed by atoms with Gasteiger partial charge in [-0.25, -0.2) is 15.7 Å². The Hall–Kier alpha value is -1.31. The van der Waals surface area contributed by atoms with Crippen LogP contribution in [0.2, 0.25) is 0 Å². The molecular weight excluding hydrogens is 331 g/mol. The van der Waals surface area contributed by atoms with Crippen molar-refractivity contribution >= 4 is 0 Å². The molecule has 21 heavy (non-hydrogen) atoms. The summed E-state index contributed by atoms with van der Waals surface area (Å²) in [5.41, 5.74) is 5.82. The standard InChI is InChI=1S/C19H16N.Y/c1-15-11-12-17(16-8-4-3-5-9-16)14-18(15)19-10-6-7-13-20(19)2;/h3-8,10-11,13-14H,1-2H3;/q-1;. The summed E-state index contributed by atoms with van der Waals surface area (Å²) in [6.07, 6.45) is 2.07. The van der Waals surface area contributed by atoms with Crippen LogP contribution in [0.15, 0.2) is 60.8 Å². The van der Waals surface area contributed by atoms with Gasteiger partial charge in [-0.2, -0.15) is 42.5 Å². The molecule has 3 aromatic rings. The van der Waals surface area contributed by atoms with E-state index in [2.05, 4.69) is 67.2 Å². The Labute approximate surface area is 151 Å². The maximum absolute atomic E-state index is 3.34. The van der Waals surface area contributed by atoms with E-state index in [9.17, 15) is 0 Å². The molecule has 2 aromatic carbocycles. The fourth-order valence-electron chi connectivity index (χ4n) is 2.36. The van der Waals surface area contributed by atoms with E-state index in [4.69, 9.17) is 0 Å². The summed E-state index contributed by atoms with van der Waals surface area (Å²) in [5, 5.41) is 0. The van der Waals surface area contributed by atoms with Crippen LogP contribution in [0, 0.1) is 19.1 Å². The molecule has 0 saturated carbocycles. The maximum atomic E-state index is 3.34. The zero-order valence-electron chi connectivity index (χ0n) is 12.3. The molecule has 0 amide bonds. The molecule has 0 atom stereocenters. The van der Waals surface area contributed by atoms with Gasteiger partial charge in [-0.3, -0.25) is 0 Å². The van der Waals surface area contributed by atoms with E-state index in [1.165, 1.54) is 16.8 Å². The van der Waals surface area contributed by atoms with Crippen LogP contribution in [0.5, 0.6) is 0 Å². The van der Waals surface area contributed by atoms with Crippen LogP contribution in [-0.2, 0) is 39.8 Å². The zero-order chi connectivity index (χ0) is 13.9. The molecule has 1 heterocycles. The van der Waals surface area contributed by atoms with E-state index in [1.54, 1.807) is 0 Å². The molecule has 0 N–H and O–H groups in total. The van der Waals surface area contributed by atoms with Crippen LogP contribution in [-0.4, -0.2) is 0 Å². The number of benzene rings is 2. The fraction of sp³-hybridized carbons (Fsp3) is 0.105. The number of hydrogen-bond donors (Lipinski definition) is 0. The second-order valence-electron chi connectivity index (χ2n) is 4.92. The molecule has 2 heteroatoms. The second-order valence-corrected chi connectivity index (χ2v) is 4.92. The van der Waals surface area contributed by atoms with Crippen LogP contribution in [0.25, 0.3) is 22.4 Å². The van der Waals surface area contributed by atoms with Crippen molar-refractivity contribution in [3.63, 3.8) is 0 Å². The Balaban J connectivity index is 0.00000161. The Morgan fingerprint density at radius 2 is 1.76 bits per heavy atom. The Morgan fingerprint density at radius 1 is 0.952 bits per heavy atom. The summed E-state index contributed by atoms with van der Waals surface area (Å²) in [6, 6.07) is 25.1. The predicted molar refractivity (Wildman–Crippen MR) is 80.9 cm³/mol. The van der Waals surface area contributed by atoms with E-state index in [-0.39, 0.29) is 32.7 Å². The largest absolute Gasteiger partial charge is 0.226 e. The van der Waals surface area contributed by atoms with Gasteiger partial charge >= 0.3 is 0 Å². The third-order valence-corrected chi connectivity index (χ3v) is 3.49. The van der Waals surface area contributed by atoms with Gasteiger partial charge in [0.25, 0.3) is 0 Å². The van der Waals surface area contributed by atoms with Crippen LogP contribution in [0.4, 0.5) is 0 Å². The molecule has 3 rings (SSSR count). The van der Waals surface area contributed by atoms with Gasteiger partial charge in [0.2, 0.25) is 0 Å². The molecule has 1 nitrogen and oxygen atoms in total. The number of rotatable bonds is 2. The normalized spacial score (nSPS) is 10.0. The molecule has 1 radical (unpaired) electrons. The first-order valence-corrected chi connectivity index (χ1v) is 6.70. The molecule has 0 aliphatic heterocycles. The van der Waals surface area contributed by atoms with Gasteiger partial charge in [0, 0.05) is 44.8 Å². The number of nitrogens with zero attached hydrogens (tertiary/aromatic N) is 1. The molecule has 0 fully saturated rings. The van der Waals surface area contributed by atoms with Crippen molar-refractivity contribution in [1.82, 2.24) is 0 Å². The average Bonchev–Trinajstić information content (AvgIpc) is 2.49. The minimum atomic E-state index is 0. The number of aryl methyl sites for hydroxylation is 2. The van der Waals surface area contributed by atoms with Gasteiger partial charge in [0.15, 0.2) is 11.9 Å². The van der Waals surface area contributed by atoms with Gasteiger partial charge in [0.05, 0.1) is 0 Å². The molecule has 0 aliphatic carbocycles. The number of aromatic nitrogens is 1. The van der Waals surface area contributed by atoms with Crippen molar-refractivity contribution in [3.05, 3.63) is 78.5 Å². The van der Waals surface area contributed by atoms with Gasteiger partial charge < -0.3 is 0 Å². The van der Waals surface area contributed by atoms with Crippen molar-refractivity contribution in [2.24, 2.45) is 7.05 Å². The van der Waals surface area contributed by atoms with Crippen molar-refractivity contribution in [1.29, 1.82) is 0 Å². The van der Waals surface area contributed by atoms with E-state index in [0.29, 0.717) is 0 Å². The molecule has 0 unspecified atom stereocenters. The van der Waals surface area contributed by atoms with Gasteiger partial charge in [0.1, 0.15) is 7.05 Å². The summed E-state index contributed by atoms with van der Waals surface area (Å²) < 4.78 is 2.14. The molecule has 1 aromatic heterocycles. The number of pyridine rings is 1. The van der Waals surface area contributed by atoms with Crippen molar-refractivity contribution in [2.45, 2.75) is 6.92 Å². The first kappa shape index (κ1) is 16.1. The van der Waals surface area contributed by atoms with Crippen LogP contribution >= 0.6 is 0 Å². The van der Waals surface area contributed by atoms with Crippen molar-refractivity contribution in [3.8, 4) is 22.4 Å². The van der Waals surface area contributed by atoms with Crippen molar-refractivity contribution in [2.75, 3.05) is 0 Å². The summed E-state index contributed by atoms with van der Waals surface area (Å²) >= 11 is 0. The molecule has 0 saturated heterocycles. The van der Waals surface area contributed by atoms with Gasteiger partial charge in [-0.1, -0.05) is 6.92 Å². The van der Waals surface area contributed by atoms with E-state index in [1.807, 2.05) is 24.3 Å². The Kier molecular flexibility index (Phi) is 5.44. The summed E-state index contributed by atoms with van der Waals surface area (Å²) in [4.78, 5) is 0. The quantitative estimate of drug-likeness (QED) is 0.491. The molecule has 0 bridgehead atoms. The predicted octanol–water partition coefficient (Wildman–Crippen LogP) is 3.75. The minimum Gasteiger partial charge on any atom is -0.226 e. The molecular formula is C19H16NY-. The van der Waals surface area contributed by atoms with Crippen LogP contribution in [0.1, 0.15) is 5.56 Å². The maximum Gasteiger partial charge on any atom is 0.193 e. The van der Waals surface area contributed by atoms with E-state index >= 15 is 0 Å². The minimum absolute atomic E-state index is 0. The van der Waals surface area contributed by atoms with Gasteiger partial charge in [-0.15, -0.1) is 11.6 Å². The molecule has 101 valence electrons. The average molecular weight is 347 g/mol. The number of hydrogen-bond acceptors (Lipinski definition) is 0.